The summed E-state index contributed by atoms with van der Waals surface area (Å²) in [6.45, 7) is 5.16. The summed E-state index contributed by atoms with van der Waals surface area (Å²) < 4.78 is 1.88. The van der Waals surface area contributed by atoms with Gasteiger partial charge in [0.25, 0.3) is 5.91 Å². The van der Waals surface area contributed by atoms with Gasteiger partial charge in [0.1, 0.15) is 5.69 Å². The molecular weight excluding hydrogens is 228 g/mol. The molecule has 0 aliphatic rings. The van der Waals surface area contributed by atoms with Crippen LogP contribution in [0.25, 0.3) is 0 Å². The second-order valence-corrected chi connectivity index (χ2v) is 4.12. The van der Waals surface area contributed by atoms with E-state index in [0.717, 1.165) is 11.4 Å². The van der Waals surface area contributed by atoms with Crippen LogP contribution in [0.5, 0.6) is 0 Å². The minimum Gasteiger partial charge on any atom is -0.349 e. The number of aromatic nitrogens is 3. The van der Waals surface area contributed by atoms with E-state index in [1.165, 1.54) is 0 Å². The molecule has 5 heteroatoms. The minimum absolute atomic E-state index is 0.155. The molecule has 1 N–H and O–H groups in total. The maximum absolute atomic E-state index is 11.7. The Hall–Kier alpha value is -2.17. The van der Waals surface area contributed by atoms with Crippen LogP contribution < -0.4 is 5.32 Å². The molecule has 1 amide bonds. The zero-order chi connectivity index (χ0) is 13.0. The van der Waals surface area contributed by atoms with E-state index in [-0.39, 0.29) is 5.91 Å². The molecule has 0 spiro atoms. The molecule has 2 heterocycles. The van der Waals surface area contributed by atoms with Gasteiger partial charge in [-0.05, 0) is 32.0 Å². The largest absolute Gasteiger partial charge is 0.349 e. The number of pyridine rings is 1. The first kappa shape index (κ1) is 12.3. The molecule has 2 aromatic rings. The highest BCUT2D eigenvalue weighted by Crippen LogP contribution is 2.00. The average molecular weight is 244 g/mol. The molecule has 2 rings (SSSR count). The van der Waals surface area contributed by atoms with Crippen molar-refractivity contribution in [2.45, 2.75) is 20.4 Å². The Kier molecular flexibility index (Phi) is 3.72. The molecule has 5 nitrogen and oxygen atoms in total. The number of carbonyl (C=O) groups is 1. The van der Waals surface area contributed by atoms with Crippen LogP contribution in [0.1, 0.15) is 21.9 Å². The number of hydrogen-bond acceptors (Lipinski definition) is 3. The van der Waals surface area contributed by atoms with Gasteiger partial charge in [-0.3, -0.25) is 14.5 Å². The minimum atomic E-state index is -0.155. The lowest BCUT2D eigenvalue weighted by Crippen LogP contribution is -2.28. The number of nitrogens with one attached hydrogen (secondary N) is 1. The molecule has 2 aromatic heterocycles. The molecule has 0 saturated carbocycles. The molecule has 0 unspecified atom stereocenters. The third kappa shape index (κ3) is 2.94. The molecule has 0 aromatic carbocycles. The first-order valence-corrected chi connectivity index (χ1v) is 5.87. The molecule has 18 heavy (non-hydrogen) atoms. The van der Waals surface area contributed by atoms with Crippen LogP contribution in [0.2, 0.25) is 0 Å². The predicted octanol–water partition coefficient (Wildman–Crippen LogP) is 1.32. The normalized spacial score (nSPS) is 10.3. The van der Waals surface area contributed by atoms with Gasteiger partial charge in [0.15, 0.2) is 0 Å². The van der Waals surface area contributed by atoms with Crippen LogP contribution in [-0.2, 0) is 6.54 Å². The third-order valence-electron chi connectivity index (χ3n) is 2.61. The van der Waals surface area contributed by atoms with Gasteiger partial charge in [-0.15, -0.1) is 0 Å². The van der Waals surface area contributed by atoms with Crippen LogP contribution >= 0.6 is 0 Å². The number of aryl methyl sites for hydroxylation is 2. The third-order valence-corrected chi connectivity index (χ3v) is 2.61. The van der Waals surface area contributed by atoms with Gasteiger partial charge >= 0.3 is 0 Å². The van der Waals surface area contributed by atoms with E-state index in [4.69, 9.17) is 0 Å². The fourth-order valence-corrected chi connectivity index (χ4v) is 1.76. The molecule has 0 saturated heterocycles. The van der Waals surface area contributed by atoms with Crippen molar-refractivity contribution < 1.29 is 4.79 Å². The number of carbonyl (C=O) groups excluding carboxylic acids is 1. The van der Waals surface area contributed by atoms with E-state index in [1.807, 2.05) is 24.6 Å². The summed E-state index contributed by atoms with van der Waals surface area (Å²) in [5.41, 5.74) is 2.52. The molecule has 0 fully saturated rings. The average Bonchev–Trinajstić information content (AvgIpc) is 2.69. The molecular formula is C13H16N4O. The highest BCUT2D eigenvalue weighted by Gasteiger charge is 2.06. The summed E-state index contributed by atoms with van der Waals surface area (Å²) >= 11 is 0. The summed E-state index contributed by atoms with van der Waals surface area (Å²) in [5, 5.41) is 7.15. The smallest absolute Gasteiger partial charge is 0.269 e. The highest BCUT2D eigenvalue weighted by atomic mass is 16.1. The molecule has 0 atom stereocenters. The zero-order valence-corrected chi connectivity index (χ0v) is 10.6. The Morgan fingerprint density at radius 2 is 2.22 bits per heavy atom. The molecule has 0 radical (unpaired) electrons. The van der Waals surface area contributed by atoms with Crippen LogP contribution in [0.15, 0.2) is 30.5 Å². The standard InChI is InChI=1S/C13H16N4O/c1-10-9-11(2)17(16-10)8-7-15-13(18)12-5-3-4-6-14-12/h3-6,9H,7-8H2,1-2H3,(H,15,18). The van der Waals surface area contributed by atoms with Crippen LogP contribution in [0, 0.1) is 13.8 Å². The predicted molar refractivity (Wildman–Crippen MR) is 68.3 cm³/mol. The van der Waals surface area contributed by atoms with Gasteiger partial charge in [0.05, 0.1) is 12.2 Å². The Bertz CT molecular complexity index is 533. The van der Waals surface area contributed by atoms with Gasteiger partial charge in [-0.25, -0.2) is 0 Å². The maximum atomic E-state index is 11.7. The second kappa shape index (κ2) is 5.44. The van der Waals surface area contributed by atoms with Gasteiger partial charge in [-0.1, -0.05) is 6.07 Å². The summed E-state index contributed by atoms with van der Waals surface area (Å²) in [6, 6.07) is 7.29. The first-order valence-electron chi connectivity index (χ1n) is 5.87. The monoisotopic (exact) mass is 244 g/mol. The van der Waals surface area contributed by atoms with Crippen LogP contribution in [0.4, 0.5) is 0 Å². The number of amides is 1. The quantitative estimate of drug-likeness (QED) is 0.882. The van der Waals surface area contributed by atoms with Gasteiger partial charge in [-0.2, -0.15) is 5.10 Å². The highest BCUT2D eigenvalue weighted by molar-refractivity contribution is 5.92. The Morgan fingerprint density at radius 1 is 1.39 bits per heavy atom. The lowest BCUT2D eigenvalue weighted by molar-refractivity contribution is 0.0947. The summed E-state index contributed by atoms with van der Waals surface area (Å²) in [6.07, 6.45) is 1.61. The number of rotatable bonds is 4. The summed E-state index contributed by atoms with van der Waals surface area (Å²) in [7, 11) is 0. The Balaban J connectivity index is 1.86. The fraction of sp³-hybridized carbons (Fsp3) is 0.308. The van der Waals surface area contributed by atoms with Gasteiger partial charge in [0.2, 0.25) is 0 Å². The maximum Gasteiger partial charge on any atom is 0.269 e. The summed E-state index contributed by atoms with van der Waals surface area (Å²) in [4.78, 5) is 15.7. The van der Waals surface area contributed by atoms with Crippen molar-refractivity contribution in [3.05, 3.63) is 47.5 Å². The SMILES string of the molecule is Cc1cc(C)n(CCNC(=O)c2ccccn2)n1. The zero-order valence-electron chi connectivity index (χ0n) is 10.6. The van der Waals surface area contributed by atoms with Gasteiger partial charge in [0, 0.05) is 18.4 Å². The van der Waals surface area contributed by atoms with Crippen molar-refractivity contribution in [2.24, 2.45) is 0 Å². The fourth-order valence-electron chi connectivity index (χ4n) is 1.76. The number of nitrogens with zero attached hydrogens (tertiary/aromatic N) is 3. The van der Waals surface area contributed by atoms with Crippen molar-refractivity contribution >= 4 is 5.91 Å². The molecule has 0 bridgehead atoms. The first-order chi connectivity index (χ1) is 8.66. The lowest BCUT2D eigenvalue weighted by Gasteiger charge is -2.06. The van der Waals surface area contributed by atoms with E-state index in [2.05, 4.69) is 15.4 Å². The second-order valence-electron chi connectivity index (χ2n) is 4.12. The Morgan fingerprint density at radius 3 is 2.83 bits per heavy atom. The van der Waals surface area contributed by atoms with Crippen molar-refractivity contribution in [3.63, 3.8) is 0 Å². The van der Waals surface area contributed by atoms with E-state index in [9.17, 15) is 4.79 Å². The van der Waals surface area contributed by atoms with Crippen molar-refractivity contribution in [3.8, 4) is 0 Å². The molecule has 94 valence electrons. The molecule has 0 aliphatic carbocycles. The number of hydrogen-bond donors (Lipinski definition) is 1. The molecule has 0 aliphatic heterocycles. The summed E-state index contributed by atoms with van der Waals surface area (Å²) in [5.74, 6) is -0.155. The van der Waals surface area contributed by atoms with Crippen LogP contribution in [0.3, 0.4) is 0 Å². The van der Waals surface area contributed by atoms with Crippen molar-refractivity contribution in [2.75, 3.05) is 6.54 Å². The van der Waals surface area contributed by atoms with Crippen LogP contribution in [-0.4, -0.2) is 27.2 Å². The van der Waals surface area contributed by atoms with E-state index < -0.39 is 0 Å². The lowest BCUT2D eigenvalue weighted by atomic mass is 10.3. The van der Waals surface area contributed by atoms with Crippen molar-refractivity contribution in [1.82, 2.24) is 20.1 Å². The van der Waals surface area contributed by atoms with E-state index in [0.29, 0.717) is 18.8 Å². The topological polar surface area (TPSA) is 59.8 Å². The van der Waals surface area contributed by atoms with E-state index >= 15 is 0 Å². The Labute approximate surface area is 106 Å². The van der Waals surface area contributed by atoms with Gasteiger partial charge < -0.3 is 5.32 Å². The van der Waals surface area contributed by atoms with Crippen molar-refractivity contribution in [1.29, 1.82) is 0 Å². The van der Waals surface area contributed by atoms with E-state index in [1.54, 1.807) is 24.4 Å².